The Kier molecular flexibility index (Phi) is 6.24. The number of nitrogens with zero attached hydrogens (tertiary/aromatic N) is 6. The van der Waals surface area contributed by atoms with E-state index in [9.17, 15) is 13.2 Å². The minimum atomic E-state index is -4.49. The lowest BCUT2D eigenvalue weighted by atomic mass is 10.1. The first-order chi connectivity index (χ1) is 16.0. The zero-order valence-corrected chi connectivity index (χ0v) is 20.4. The molecule has 0 aliphatic heterocycles. The maximum atomic E-state index is 13.1. The van der Waals surface area contributed by atoms with Crippen molar-refractivity contribution in [3.05, 3.63) is 74.8 Å². The number of H-pyrrole nitrogens is 1. The third-order valence-corrected chi connectivity index (χ3v) is 6.15. The van der Waals surface area contributed by atoms with E-state index >= 15 is 0 Å². The number of halogens is 3. The van der Waals surface area contributed by atoms with Crippen LogP contribution in [0.15, 0.2) is 30.3 Å². The summed E-state index contributed by atoms with van der Waals surface area (Å²) < 4.78 is 44.7. The summed E-state index contributed by atoms with van der Waals surface area (Å²) in [4.78, 5) is 0. The molecule has 0 fully saturated rings. The number of nitrogens with one attached hydrogen (secondary N) is 1. The van der Waals surface area contributed by atoms with Crippen molar-refractivity contribution < 1.29 is 13.2 Å². The summed E-state index contributed by atoms with van der Waals surface area (Å²) in [7, 11) is 0. The topological polar surface area (TPSA) is 69.2 Å². The maximum absolute atomic E-state index is 13.1. The molecule has 4 rings (SSSR count). The van der Waals surface area contributed by atoms with Crippen LogP contribution in [0.1, 0.15) is 52.6 Å². The van der Waals surface area contributed by atoms with Gasteiger partial charge in [-0.2, -0.15) is 28.5 Å². The van der Waals surface area contributed by atoms with Crippen LogP contribution in [-0.2, 0) is 19.3 Å². The standard InChI is InChI=1S/C23H26F3N7S/c1-13-6-8-18(9-7-13)12-32-17(5)20(16(4)29-32)33-21(27-28-22(33)34)14(2)11-31-15(3)10-19(30-31)23(24,25)26/h6-10,14H,11-12H2,1-5H3,(H,28,34). The van der Waals surface area contributed by atoms with Gasteiger partial charge in [-0.15, -0.1) is 0 Å². The third-order valence-electron chi connectivity index (χ3n) is 5.88. The van der Waals surface area contributed by atoms with E-state index in [2.05, 4.69) is 39.6 Å². The highest BCUT2D eigenvalue weighted by molar-refractivity contribution is 7.71. The summed E-state index contributed by atoms with van der Waals surface area (Å²) in [6.07, 6.45) is -4.49. The molecule has 1 aromatic carbocycles. The van der Waals surface area contributed by atoms with Gasteiger partial charge in [-0.05, 0) is 51.5 Å². The van der Waals surface area contributed by atoms with Crippen LogP contribution in [0.3, 0.4) is 0 Å². The molecule has 180 valence electrons. The van der Waals surface area contributed by atoms with Crippen LogP contribution in [-0.4, -0.2) is 34.3 Å². The van der Waals surface area contributed by atoms with Crippen molar-refractivity contribution in [3.63, 3.8) is 0 Å². The Morgan fingerprint density at radius 2 is 1.71 bits per heavy atom. The largest absolute Gasteiger partial charge is 0.435 e. The number of aromatic nitrogens is 7. The number of aromatic amines is 1. The summed E-state index contributed by atoms with van der Waals surface area (Å²) in [5.74, 6) is 0.335. The third kappa shape index (κ3) is 4.56. The molecule has 0 saturated carbocycles. The Morgan fingerprint density at radius 1 is 1.03 bits per heavy atom. The summed E-state index contributed by atoms with van der Waals surface area (Å²) >= 11 is 5.53. The van der Waals surface area contributed by atoms with Crippen LogP contribution in [0.4, 0.5) is 13.2 Å². The van der Waals surface area contributed by atoms with E-state index in [1.165, 1.54) is 10.2 Å². The van der Waals surface area contributed by atoms with Gasteiger partial charge in [0.2, 0.25) is 0 Å². The van der Waals surface area contributed by atoms with Gasteiger partial charge in [0, 0.05) is 11.6 Å². The van der Waals surface area contributed by atoms with Gasteiger partial charge >= 0.3 is 6.18 Å². The van der Waals surface area contributed by atoms with Crippen molar-refractivity contribution in [2.45, 2.75) is 59.8 Å². The van der Waals surface area contributed by atoms with E-state index in [0.717, 1.165) is 28.7 Å². The highest BCUT2D eigenvalue weighted by Crippen LogP contribution is 2.30. The molecule has 0 bridgehead atoms. The van der Waals surface area contributed by atoms with Gasteiger partial charge in [-0.3, -0.25) is 19.0 Å². The zero-order chi connectivity index (χ0) is 24.8. The lowest BCUT2D eigenvalue weighted by molar-refractivity contribution is -0.141. The molecule has 11 heteroatoms. The van der Waals surface area contributed by atoms with E-state index in [4.69, 9.17) is 17.3 Å². The smallest absolute Gasteiger partial charge is 0.269 e. The number of benzene rings is 1. The number of hydrogen-bond acceptors (Lipinski definition) is 4. The van der Waals surface area contributed by atoms with Gasteiger partial charge in [0.05, 0.1) is 30.2 Å². The highest BCUT2D eigenvalue weighted by atomic mass is 32.1. The molecule has 0 saturated heterocycles. The quantitative estimate of drug-likeness (QED) is 0.367. The predicted molar refractivity (Wildman–Crippen MR) is 125 cm³/mol. The molecule has 34 heavy (non-hydrogen) atoms. The molecular formula is C23H26F3N7S. The first kappa shape index (κ1) is 23.9. The molecule has 3 heterocycles. The van der Waals surface area contributed by atoms with E-state index < -0.39 is 11.9 Å². The van der Waals surface area contributed by atoms with Crippen molar-refractivity contribution >= 4 is 12.2 Å². The van der Waals surface area contributed by atoms with E-state index in [1.54, 1.807) is 6.92 Å². The molecule has 0 spiro atoms. The first-order valence-electron chi connectivity index (χ1n) is 10.8. The average Bonchev–Trinajstić information content (AvgIpc) is 3.39. The average molecular weight is 490 g/mol. The molecule has 4 aromatic rings. The van der Waals surface area contributed by atoms with Gasteiger partial charge in [-0.1, -0.05) is 36.8 Å². The molecule has 0 radical (unpaired) electrons. The van der Waals surface area contributed by atoms with Crippen LogP contribution < -0.4 is 0 Å². The van der Waals surface area contributed by atoms with Gasteiger partial charge in [-0.25, -0.2) is 0 Å². The Bertz CT molecular complexity index is 1370. The molecule has 1 atom stereocenters. The predicted octanol–water partition coefficient (Wildman–Crippen LogP) is 5.43. The van der Waals surface area contributed by atoms with E-state index in [1.807, 2.05) is 36.9 Å². The highest BCUT2D eigenvalue weighted by Gasteiger charge is 2.34. The second-order valence-electron chi connectivity index (χ2n) is 8.64. The molecule has 7 nitrogen and oxygen atoms in total. The van der Waals surface area contributed by atoms with Crippen LogP contribution in [0.5, 0.6) is 0 Å². The summed E-state index contributed by atoms with van der Waals surface area (Å²) in [5, 5.41) is 15.7. The number of alkyl halides is 3. The molecular weight excluding hydrogens is 463 g/mol. The molecule has 1 unspecified atom stereocenters. The SMILES string of the molecule is Cc1ccc(Cn2nc(C)c(-n3c(C(C)Cn4nc(C(F)(F)F)cc4C)n[nH]c3=S)c2C)cc1. The molecule has 3 aromatic heterocycles. The lowest BCUT2D eigenvalue weighted by Gasteiger charge is -2.15. The zero-order valence-electron chi connectivity index (χ0n) is 19.6. The van der Waals surface area contributed by atoms with E-state index in [0.29, 0.717) is 22.8 Å². The van der Waals surface area contributed by atoms with Gasteiger partial charge < -0.3 is 0 Å². The number of rotatable bonds is 6. The van der Waals surface area contributed by atoms with Gasteiger partial charge in [0.1, 0.15) is 5.82 Å². The van der Waals surface area contributed by atoms with Gasteiger partial charge in [0.15, 0.2) is 10.5 Å². The van der Waals surface area contributed by atoms with Crippen LogP contribution in [0.2, 0.25) is 0 Å². The van der Waals surface area contributed by atoms with Crippen LogP contribution in [0.25, 0.3) is 5.69 Å². The summed E-state index contributed by atoms with van der Waals surface area (Å²) in [6, 6.07) is 9.33. The van der Waals surface area contributed by atoms with Crippen molar-refractivity contribution in [1.29, 1.82) is 0 Å². The fourth-order valence-electron chi connectivity index (χ4n) is 4.06. The number of hydrogen-bond donors (Lipinski definition) is 1. The Hall–Kier alpha value is -3.21. The summed E-state index contributed by atoms with van der Waals surface area (Å²) in [6.45, 7) is 10.2. The second kappa shape index (κ2) is 8.86. The maximum Gasteiger partial charge on any atom is 0.435 e. The summed E-state index contributed by atoms with van der Waals surface area (Å²) in [5.41, 5.74) is 4.36. The first-order valence-corrected chi connectivity index (χ1v) is 11.3. The van der Waals surface area contributed by atoms with Crippen LogP contribution in [0, 0.1) is 32.5 Å². The second-order valence-corrected chi connectivity index (χ2v) is 9.02. The lowest BCUT2D eigenvalue weighted by Crippen LogP contribution is -2.15. The van der Waals surface area contributed by atoms with Gasteiger partial charge in [0.25, 0.3) is 0 Å². The molecule has 1 N–H and O–H groups in total. The normalized spacial score (nSPS) is 12.9. The van der Waals surface area contributed by atoms with Crippen molar-refractivity contribution in [2.24, 2.45) is 0 Å². The van der Waals surface area contributed by atoms with Crippen molar-refractivity contribution in [3.8, 4) is 5.69 Å². The van der Waals surface area contributed by atoms with Crippen molar-refractivity contribution in [2.75, 3.05) is 0 Å². The minimum Gasteiger partial charge on any atom is -0.269 e. The molecule has 0 amide bonds. The van der Waals surface area contributed by atoms with Crippen molar-refractivity contribution in [1.82, 2.24) is 34.3 Å². The van der Waals surface area contributed by atoms with E-state index in [-0.39, 0.29) is 12.5 Å². The Morgan fingerprint density at radius 3 is 2.32 bits per heavy atom. The number of aryl methyl sites for hydroxylation is 3. The Balaban J connectivity index is 1.67. The Labute approximate surface area is 200 Å². The fraction of sp³-hybridized carbons (Fsp3) is 0.391. The fourth-order valence-corrected chi connectivity index (χ4v) is 4.29. The monoisotopic (exact) mass is 489 g/mol. The minimum absolute atomic E-state index is 0.219. The molecule has 0 aliphatic rings. The molecule has 0 aliphatic carbocycles. The van der Waals surface area contributed by atoms with Crippen LogP contribution >= 0.6 is 12.2 Å².